The largest absolute Gasteiger partial charge is 0.497 e. The third-order valence-corrected chi connectivity index (χ3v) is 3.12. The van der Waals surface area contributed by atoms with Gasteiger partial charge in [0.25, 0.3) is 5.91 Å². The Morgan fingerprint density at radius 3 is 2.64 bits per heavy atom. The van der Waals surface area contributed by atoms with Crippen LogP contribution in [0.5, 0.6) is 11.5 Å². The Bertz CT molecular complexity index is 637. The summed E-state index contributed by atoms with van der Waals surface area (Å²) >= 11 is 0. The van der Waals surface area contributed by atoms with Crippen molar-refractivity contribution >= 4 is 11.6 Å². The van der Waals surface area contributed by atoms with E-state index < -0.39 is 6.10 Å². The number of methoxy groups -OCH3 is 1. The van der Waals surface area contributed by atoms with Crippen LogP contribution in [0.4, 0.5) is 5.69 Å². The fourth-order valence-electron chi connectivity index (χ4n) is 1.86. The van der Waals surface area contributed by atoms with Crippen LogP contribution in [0.25, 0.3) is 0 Å². The van der Waals surface area contributed by atoms with Gasteiger partial charge in [-0.2, -0.15) is 5.10 Å². The number of amides is 1. The van der Waals surface area contributed by atoms with Gasteiger partial charge in [0.15, 0.2) is 6.10 Å². The molecule has 0 saturated heterocycles. The molecule has 1 atom stereocenters. The third-order valence-electron chi connectivity index (χ3n) is 3.12. The zero-order chi connectivity index (χ0) is 16.1. The highest BCUT2D eigenvalue weighted by molar-refractivity contribution is 5.93. The molecule has 1 unspecified atom stereocenters. The van der Waals surface area contributed by atoms with Crippen molar-refractivity contribution in [3.63, 3.8) is 0 Å². The van der Waals surface area contributed by atoms with Crippen molar-refractivity contribution in [3.8, 4) is 11.5 Å². The summed E-state index contributed by atoms with van der Waals surface area (Å²) in [5.41, 5.74) is 0.653. The number of nitrogens with one attached hydrogen (secondary N) is 1. The van der Waals surface area contributed by atoms with Crippen LogP contribution in [0.15, 0.2) is 36.7 Å². The lowest BCUT2D eigenvalue weighted by atomic mass is 10.3. The number of carbonyl (C=O) groups excluding carboxylic acids is 1. The van der Waals surface area contributed by atoms with Gasteiger partial charge in [0, 0.05) is 18.3 Å². The fraction of sp³-hybridized carbons (Fsp3) is 0.375. The Morgan fingerprint density at radius 2 is 2.00 bits per heavy atom. The van der Waals surface area contributed by atoms with Crippen LogP contribution in [0.2, 0.25) is 0 Å². The number of nitrogens with zero attached hydrogens (tertiary/aromatic N) is 2. The lowest BCUT2D eigenvalue weighted by molar-refractivity contribution is -0.122. The Hall–Kier alpha value is -2.50. The van der Waals surface area contributed by atoms with Gasteiger partial charge in [-0.25, -0.2) is 0 Å². The maximum absolute atomic E-state index is 12.1. The van der Waals surface area contributed by atoms with Gasteiger partial charge in [0.1, 0.15) is 11.5 Å². The molecule has 2 rings (SSSR count). The lowest BCUT2D eigenvalue weighted by Crippen LogP contribution is -2.30. The molecular weight excluding hydrogens is 282 g/mol. The normalized spacial score (nSPS) is 12.0. The summed E-state index contributed by atoms with van der Waals surface area (Å²) in [4.78, 5) is 12.1. The van der Waals surface area contributed by atoms with Gasteiger partial charge in [-0.05, 0) is 32.9 Å². The van der Waals surface area contributed by atoms with Crippen molar-refractivity contribution in [1.29, 1.82) is 0 Å². The van der Waals surface area contributed by atoms with Gasteiger partial charge in [0.05, 0.1) is 19.0 Å². The van der Waals surface area contributed by atoms with Crippen LogP contribution < -0.4 is 14.8 Å². The lowest BCUT2D eigenvalue weighted by Gasteiger charge is -2.14. The maximum Gasteiger partial charge on any atom is 0.265 e. The number of hydrogen-bond acceptors (Lipinski definition) is 4. The molecule has 1 N–H and O–H groups in total. The summed E-state index contributed by atoms with van der Waals surface area (Å²) in [7, 11) is 1.58. The molecule has 0 saturated carbocycles. The quantitative estimate of drug-likeness (QED) is 0.891. The average molecular weight is 303 g/mol. The van der Waals surface area contributed by atoms with Gasteiger partial charge in [0.2, 0.25) is 0 Å². The molecule has 0 bridgehead atoms. The smallest absolute Gasteiger partial charge is 0.265 e. The van der Waals surface area contributed by atoms with Gasteiger partial charge < -0.3 is 14.8 Å². The van der Waals surface area contributed by atoms with Crippen molar-refractivity contribution in [2.45, 2.75) is 32.9 Å². The highest BCUT2D eigenvalue weighted by atomic mass is 16.5. The fourth-order valence-corrected chi connectivity index (χ4v) is 1.86. The number of carbonyl (C=O) groups is 1. The minimum atomic E-state index is -0.630. The molecule has 1 aromatic heterocycles. The van der Waals surface area contributed by atoms with Crippen LogP contribution in [-0.2, 0) is 4.79 Å². The van der Waals surface area contributed by atoms with Gasteiger partial charge in [-0.15, -0.1) is 0 Å². The Balaban J connectivity index is 1.96. The van der Waals surface area contributed by atoms with E-state index in [1.807, 2.05) is 26.0 Å². The van der Waals surface area contributed by atoms with Crippen LogP contribution >= 0.6 is 0 Å². The SMILES string of the molecule is COc1cccc(OC(C)C(=O)Nc2cnn(C(C)C)c2)c1. The number of ether oxygens (including phenoxy) is 2. The van der Waals surface area contributed by atoms with Gasteiger partial charge >= 0.3 is 0 Å². The number of rotatable bonds is 6. The molecule has 1 heterocycles. The predicted molar refractivity (Wildman–Crippen MR) is 84.3 cm³/mol. The van der Waals surface area contributed by atoms with E-state index in [1.54, 1.807) is 43.2 Å². The summed E-state index contributed by atoms with van der Waals surface area (Å²) in [5.74, 6) is 1.04. The predicted octanol–water partition coefficient (Wildman–Crippen LogP) is 2.88. The van der Waals surface area contributed by atoms with Crippen LogP contribution in [0.1, 0.15) is 26.8 Å². The Kier molecular flexibility index (Phi) is 5.04. The molecule has 0 spiro atoms. The molecule has 6 heteroatoms. The van der Waals surface area contributed by atoms with Crippen LogP contribution in [0, 0.1) is 0 Å². The van der Waals surface area contributed by atoms with E-state index in [9.17, 15) is 4.79 Å². The molecule has 0 aliphatic heterocycles. The zero-order valence-electron chi connectivity index (χ0n) is 13.2. The number of anilines is 1. The first-order valence-corrected chi connectivity index (χ1v) is 7.15. The van der Waals surface area contributed by atoms with E-state index in [4.69, 9.17) is 9.47 Å². The van der Waals surface area contributed by atoms with Crippen LogP contribution in [0.3, 0.4) is 0 Å². The average Bonchev–Trinajstić information content (AvgIpc) is 2.96. The zero-order valence-corrected chi connectivity index (χ0v) is 13.2. The standard InChI is InChI=1S/C16H21N3O3/c1-11(2)19-10-13(9-17-19)18-16(20)12(3)22-15-7-5-6-14(8-15)21-4/h5-12H,1-4H3,(H,18,20). The molecule has 118 valence electrons. The second kappa shape index (κ2) is 6.98. The van der Waals surface area contributed by atoms with E-state index in [1.165, 1.54) is 0 Å². The second-order valence-electron chi connectivity index (χ2n) is 5.23. The monoisotopic (exact) mass is 303 g/mol. The minimum absolute atomic E-state index is 0.230. The number of benzene rings is 1. The Morgan fingerprint density at radius 1 is 1.27 bits per heavy atom. The van der Waals surface area contributed by atoms with Gasteiger partial charge in [-0.3, -0.25) is 9.48 Å². The molecule has 22 heavy (non-hydrogen) atoms. The summed E-state index contributed by atoms with van der Waals surface area (Å²) in [6, 6.07) is 7.39. The molecule has 1 amide bonds. The summed E-state index contributed by atoms with van der Waals surface area (Å²) in [5, 5.41) is 6.97. The van der Waals surface area contributed by atoms with E-state index in [-0.39, 0.29) is 11.9 Å². The van der Waals surface area contributed by atoms with Gasteiger partial charge in [-0.1, -0.05) is 6.07 Å². The highest BCUT2D eigenvalue weighted by Crippen LogP contribution is 2.20. The highest BCUT2D eigenvalue weighted by Gasteiger charge is 2.16. The van der Waals surface area contributed by atoms with Crippen molar-refractivity contribution in [2.24, 2.45) is 0 Å². The van der Waals surface area contributed by atoms with Crippen molar-refractivity contribution < 1.29 is 14.3 Å². The first-order chi connectivity index (χ1) is 10.5. The number of hydrogen-bond donors (Lipinski definition) is 1. The molecule has 2 aromatic rings. The van der Waals surface area contributed by atoms with Crippen molar-refractivity contribution in [2.75, 3.05) is 12.4 Å². The summed E-state index contributed by atoms with van der Waals surface area (Å²) in [6.07, 6.45) is 2.78. The summed E-state index contributed by atoms with van der Waals surface area (Å²) < 4.78 is 12.5. The Labute approximate surface area is 130 Å². The molecular formula is C16H21N3O3. The topological polar surface area (TPSA) is 65.4 Å². The molecule has 0 aliphatic rings. The maximum atomic E-state index is 12.1. The number of aromatic nitrogens is 2. The minimum Gasteiger partial charge on any atom is -0.497 e. The molecule has 0 fully saturated rings. The first kappa shape index (κ1) is 15.9. The molecule has 0 radical (unpaired) electrons. The van der Waals surface area contributed by atoms with E-state index in [2.05, 4.69) is 10.4 Å². The third kappa shape index (κ3) is 4.00. The van der Waals surface area contributed by atoms with E-state index in [0.717, 1.165) is 0 Å². The van der Waals surface area contributed by atoms with Crippen molar-refractivity contribution in [1.82, 2.24) is 9.78 Å². The van der Waals surface area contributed by atoms with E-state index >= 15 is 0 Å². The first-order valence-electron chi connectivity index (χ1n) is 7.15. The second-order valence-corrected chi connectivity index (χ2v) is 5.23. The van der Waals surface area contributed by atoms with E-state index in [0.29, 0.717) is 17.2 Å². The molecule has 0 aliphatic carbocycles. The summed E-state index contributed by atoms with van der Waals surface area (Å²) in [6.45, 7) is 5.74. The molecule has 6 nitrogen and oxygen atoms in total. The van der Waals surface area contributed by atoms with Crippen molar-refractivity contribution in [3.05, 3.63) is 36.7 Å². The van der Waals surface area contributed by atoms with Crippen LogP contribution in [-0.4, -0.2) is 28.9 Å². The molecule has 1 aromatic carbocycles.